The van der Waals surface area contributed by atoms with Crippen LogP contribution >= 0.6 is 11.3 Å². The lowest BCUT2D eigenvalue weighted by molar-refractivity contribution is 0.122. The van der Waals surface area contributed by atoms with E-state index in [1.807, 2.05) is 0 Å². The number of nitrogens with zero attached hydrogens (tertiary/aromatic N) is 7. The molecular formula is C20H25N7OS. The second kappa shape index (κ2) is 8.08. The number of hydrogen-bond donors (Lipinski definition) is 0. The molecule has 2 saturated heterocycles. The van der Waals surface area contributed by atoms with Crippen molar-refractivity contribution in [2.45, 2.75) is 13.3 Å². The van der Waals surface area contributed by atoms with Crippen LogP contribution in [0.2, 0.25) is 0 Å². The Labute approximate surface area is 174 Å². The number of anilines is 3. The molecule has 0 saturated carbocycles. The number of morpholine rings is 1. The molecule has 5 heterocycles. The maximum absolute atomic E-state index is 5.45. The summed E-state index contributed by atoms with van der Waals surface area (Å²) in [5.74, 6) is 3.98. The molecule has 0 aromatic carbocycles. The molecular weight excluding hydrogens is 386 g/mol. The number of aryl methyl sites for hydroxylation is 1. The first-order valence-corrected chi connectivity index (χ1v) is 11.1. The van der Waals surface area contributed by atoms with Crippen LogP contribution in [0.3, 0.4) is 0 Å². The van der Waals surface area contributed by atoms with Gasteiger partial charge in [0.15, 0.2) is 0 Å². The van der Waals surface area contributed by atoms with E-state index in [2.05, 4.69) is 54.1 Å². The quantitative estimate of drug-likeness (QED) is 0.647. The maximum atomic E-state index is 5.45. The third-order valence-corrected chi connectivity index (χ3v) is 6.35. The summed E-state index contributed by atoms with van der Waals surface area (Å²) in [6.07, 6.45) is 2.53. The first-order chi connectivity index (χ1) is 14.3. The van der Waals surface area contributed by atoms with Crippen LogP contribution in [0.15, 0.2) is 23.8 Å². The summed E-state index contributed by atoms with van der Waals surface area (Å²) in [5.41, 5.74) is 0. The van der Waals surface area contributed by atoms with Crippen molar-refractivity contribution in [1.29, 1.82) is 0 Å². The van der Waals surface area contributed by atoms with Gasteiger partial charge in [-0.3, -0.25) is 0 Å². The van der Waals surface area contributed by atoms with E-state index in [-0.39, 0.29) is 0 Å². The van der Waals surface area contributed by atoms with Gasteiger partial charge in [-0.1, -0.05) is 6.92 Å². The summed E-state index contributed by atoms with van der Waals surface area (Å²) in [4.78, 5) is 26.6. The van der Waals surface area contributed by atoms with Gasteiger partial charge in [-0.15, -0.1) is 11.3 Å². The van der Waals surface area contributed by atoms with Crippen LogP contribution in [0, 0.1) is 0 Å². The molecule has 152 valence electrons. The fourth-order valence-corrected chi connectivity index (χ4v) is 4.68. The van der Waals surface area contributed by atoms with Gasteiger partial charge in [-0.2, -0.15) is 0 Å². The molecule has 2 fully saturated rings. The zero-order valence-electron chi connectivity index (χ0n) is 16.6. The molecule has 0 unspecified atom stereocenters. The summed E-state index contributed by atoms with van der Waals surface area (Å²) in [6, 6.07) is 4.25. The normalized spacial score (nSPS) is 17.9. The van der Waals surface area contributed by atoms with E-state index in [1.165, 1.54) is 0 Å². The van der Waals surface area contributed by atoms with Crippen LogP contribution in [0.25, 0.3) is 10.2 Å². The monoisotopic (exact) mass is 411 g/mol. The van der Waals surface area contributed by atoms with E-state index < -0.39 is 0 Å². The van der Waals surface area contributed by atoms with Gasteiger partial charge in [-0.05, 0) is 11.4 Å². The second-order valence-corrected chi connectivity index (χ2v) is 8.16. The van der Waals surface area contributed by atoms with Crippen molar-refractivity contribution >= 4 is 39.0 Å². The van der Waals surface area contributed by atoms with Gasteiger partial charge in [0, 0.05) is 51.8 Å². The number of fused-ring (bicyclic) bond motifs is 1. The topological polar surface area (TPSA) is 70.5 Å². The molecule has 3 aromatic heterocycles. The standard InChI is InChI=1S/C20H25N7OS/c1-2-16-23-19(15-3-12-29-20(15)24-16)27-6-4-25(5-7-27)17-13-18(22-14-21-17)26-8-10-28-11-9-26/h3,12-14H,2,4-11H2,1H3. The van der Waals surface area contributed by atoms with E-state index in [0.717, 1.165) is 92.4 Å². The molecule has 5 rings (SSSR count). The van der Waals surface area contributed by atoms with Crippen LogP contribution in [-0.4, -0.2) is 72.4 Å². The molecule has 9 heteroatoms. The minimum Gasteiger partial charge on any atom is -0.378 e. The van der Waals surface area contributed by atoms with Crippen LogP contribution in [-0.2, 0) is 11.2 Å². The zero-order chi connectivity index (χ0) is 19.6. The van der Waals surface area contributed by atoms with Gasteiger partial charge < -0.3 is 19.4 Å². The minimum absolute atomic E-state index is 0.758. The van der Waals surface area contributed by atoms with E-state index in [1.54, 1.807) is 17.7 Å². The number of hydrogen-bond acceptors (Lipinski definition) is 9. The molecule has 0 radical (unpaired) electrons. The van der Waals surface area contributed by atoms with E-state index in [4.69, 9.17) is 9.72 Å². The summed E-state index contributed by atoms with van der Waals surface area (Å²) < 4.78 is 5.45. The average molecular weight is 412 g/mol. The highest BCUT2D eigenvalue weighted by Crippen LogP contribution is 2.29. The molecule has 0 aliphatic carbocycles. The van der Waals surface area contributed by atoms with Crippen LogP contribution in [0.1, 0.15) is 12.7 Å². The second-order valence-electron chi connectivity index (χ2n) is 7.26. The Balaban J connectivity index is 1.32. The Bertz CT molecular complexity index is 980. The van der Waals surface area contributed by atoms with E-state index in [9.17, 15) is 0 Å². The Morgan fingerprint density at radius 3 is 2.34 bits per heavy atom. The van der Waals surface area contributed by atoms with Crippen molar-refractivity contribution in [3.05, 3.63) is 29.7 Å². The van der Waals surface area contributed by atoms with Crippen LogP contribution < -0.4 is 14.7 Å². The highest BCUT2D eigenvalue weighted by molar-refractivity contribution is 7.16. The molecule has 8 nitrogen and oxygen atoms in total. The van der Waals surface area contributed by atoms with Gasteiger partial charge in [0.25, 0.3) is 0 Å². The fraction of sp³-hybridized carbons (Fsp3) is 0.500. The van der Waals surface area contributed by atoms with Crippen molar-refractivity contribution in [1.82, 2.24) is 19.9 Å². The highest BCUT2D eigenvalue weighted by Gasteiger charge is 2.23. The van der Waals surface area contributed by atoms with Crippen molar-refractivity contribution in [2.24, 2.45) is 0 Å². The van der Waals surface area contributed by atoms with Gasteiger partial charge in [0.2, 0.25) is 0 Å². The van der Waals surface area contributed by atoms with E-state index >= 15 is 0 Å². The van der Waals surface area contributed by atoms with Gasteiger partial charge in [0.1, 0.15) is 34.4 Å². The lowest BCUT2D eigenvalue weighted by Crippen LogP contribution is -2.47. The summed E-state index contributed by atoms with van der Waals surface area (Å²) in [5, 5.41) is 3.27. The molecule has 0 bridgehead atoms. The van der Waals surface area contributed by atoms with Crippen molar-refractivity contribution in [3.63, 3.8) is 0 Å². The Morgan fingerprint density at radius 1 is 0.931 bits per heavy atom. The molecule has 0 spiro atoms. The van der Waals surface area contributed by atoms with Gasteiger partial charge in [0.05, 0.1) is 18.6 Å². The van der Waals surface area contributed by atoms with Crippen molar-refractivity contribution < 1.29 is 4.74 Å². The Morgan fingerprint density at radius 2 is 1.62 bits per heavy atom. The van der Waals surface area contributed by atoms with Crippen LogP contribution in [0.4, 0.5) is 17.5 Å². The Kier molecular flexibility index (Phi) is 5.15. The highest BCUT2D eigenvalue weighted by atomic mass is 32.1. The fourth-order valence-electron chi connectivity index (χ4n) is 3.90. The smallest absolute Gasteiger partial charge is 0.141 e. The van der Waals surface area contributed by atoms with Crippen molar-refractivity contribution in [3.8, 4) is 0 Å². The maximum Gasteiger partial charge on any atom is 0.141 e. The number of thiophene rings is 1. The molecule has 29 heavy (non-hydrogen) atoms. The average Bonchev–Trinajstić information content (AvgIpc) is 3.28. The van der Waals surface area contributed by atoms with Gasteiger partial charge >= 0.3 is 0 Å². The predicted molar refractivity (Wildman–Crippen MR) is 116 cm³/mol. The number of aromatic nitrogens is 4. The van der Waals surface area contributed by atoms with E-state index in [0.29, 0.717) is 0 Å². The molecule has 0 amide bonds. The number of ether oxygens (including phenoxy) is 1. The third-order valence-electron chi connectivity index (χ3n) is 5.54. The first kappa shape index (κ1) is 18.5. The SMILES string of the molecule is CCc1nc(N2CCN(c3cc(N4CCOCC4)ncn3)CC2)c2ccsc2n1. The predicted octanol–water partition coefficient (Wildman–Crippen LogP) is 2.21. The number of piperazine rings is 1. The summed E-state index contributed by atoms with van der Waals surface area (Å²) in [7, 11) is 0. The molecule has 3 aromatic rings. The first-order valence-electron chi connectivity index (χ1n) is 10.2. The van der Waals surface area contributed by atoms with Gasteiger partial charge in [-0.25, -0.2) is 19.9 Å². The molecule has 0 N–H and O–H groups in total. The Hall–Kier alpha value is -2.52. The lowest BCUT2D eigenvalue weighted by atomic mass is 10.2. The van der Waals surface area contributed by atoms with Crippen molar-refractivity contribution in [2.75, 3.05) is 67.2 Å². The van der Waals surface area contributed by atoms with Crippen LogP contribution in [0.5, 0.6) is 0 Å². The zero-order valence-corrected chi connectivity index (χ0v) is 17.4. The lowest BCUT2D eigenvalue weighted by Gasteiger charge is -2.36. The minimum atomic E-state index is 0.758. The molecule has 2 aliphatic rings. The largest absolute Gasteiger partial charge is 0.378 e. The molecule has 2 aliphatic heterocycles. The summed E-state index contributed by atoms with van der Waals surface area (Å²) >= 11 is 1.69. The number of rotatable bonds is 4. The summed E-state index contributed by atoms with van der Waals surface area (Å²) in [6.45, 7) is 9.05. The molecule has 0 atom stereocenters. The third kappa shape index (κ3) is 3.72.